The number of hydrogen-bond acceptors (Lipinski definition) is 3. The molecular formula is C17H21F3N2O3. The summed E-state index contributed by atoms with van der Waals surface area (Å²) in [5.74, 6) is -1.75. The van der Waals surface area contributed by atoms with Crippen LogP contribution in [0.4, 0.5) is 24.5 Å². The maximum absolute atomic E-state index is 13.0. The Bertz CT molecular complexity index is 624. The molecular weight excluding hydrogens is 337 g/mol. The summed E-state index contributed by atoms with van der Waals surface area (Å²) in [6.07, 6.45) is -1.16. The Morgan fingerprint density at radius 1 is 1.08 bits per heavy atom. The number of anilines is 2. The average molecular weight is 358 g/mol. The van der Waals surface area contributed by atoms with E-state index in [1.165, 1.54) is 6.07 Å². The van der Waals surface area contributed by atoms with Crippen LogP contribution in [-0.4, -0.2) is 30.1 Å². The second-order valence-corrected chi connectivity index (χ2v) is 6.07. The lowest BCUT2D eigenvalue weighted by atomic mass is 10.1. The predicted molar refractivity (Wildman–Crippen MR) is 87.6 cm³/mol. The van der Waals surface area contributed by atoms with Gasteiger partial charge in [0.15, 0.2) is 0 Å². The van der Waals surface area contributed by atoms with Gasteiger partial charge in [0.25, 0.3) is 0 Å². The number of rotatable bonds is 5. The fourth-order valence-corrected chi connectivity index (χ4v) is 2.83. The van der Waals surface area contributed by atoms with Gasteiger partial charge in [-0.3, -0.25) is 9.59 Å². The zero-order chi connectivity index (χ0) is 18.4. The summed E-state index contributed by atoms with van der Waals surface area (Å²) in [4.78, 5) is 24.4. The minimum atomic E-state index is -4.52. The molecule has 1 aromatic rings. The molecule has 0 saturated carbocycles. The molecule has 1 aromatic carbocycles. The van der Waals surface area contributed by atoms with Gasteiger partial charge in [-0.05, 0) is 31.0 Å². The largest absolute Gasteiger partial charge is 0.481 e. The Hall–Kier alpha value is -2.25. The number of amides is 1. The summed E-state index contributed by atoms with van der Waals surface area (Å²) >= 11 is 0. The number of alkyl halides is 3. The molecule has 1 amide bonds. The summed E-state index contributed by atoms with van der Waals surface area (Å²) in [7, 11) is 0. The molecule has 138 valence electrons. The molecule has 1 heterocycles. The lowest BCUT2D eigenvalue weighted by molar-refractivity contribution is -0.138. The lowest BCUT2D eigenvalue weighted by Crippen LogP contribution is -2.26. The van der Waals surface area contributed by atoms with Crippen molar-refractivity contribution in [2.24, 2.45) is 0 Å². The van der Waals surface area contributed by atoms with Crippen molar-refractivity contribution in [1.29, 1.82) is 0 Å². The summed E-state index contributed by atoms with van der Waals surface area (Å²) in [5, 5.41) is 11.1. The Kier molecular flexibility index (Phi) is 6.27. The number of hydrogen-bond donors (Lipinski definition) is 2. The van der Waals surface area contributed by atoms with E-state index in [2.05, 4.69) is 5.32 Å². The van der Waals surface area contributed by atoms with Crippen LogP contribution in [0.1, 0.15) is 44.1 Å². The van der Waals surface area contributed by atoms with Gasteiger partial charge < -0.3 is 15.3 Å². The summed E-state index contributed by atoms with van der Waals surface area (Å²) in [6, 6.07) is 3.30. The van der Waals surface area contributed by atoms with Crippen LogP contribution in [0.3, 0.4) is 0 Å². The summed E-state index contributed by atoms with van der Waals surface area (Å²) in [6.45, 7) is 1.42. The molecule has 1 aliphatic rings. The first-order valence-corrected chi connectivity index (χ1v) is 8.25. The number of aliphatic carboxylic acids is 1. The van der Waals surface area contributed by atoms with Crippen LogP contribution in [0.25, 0.3) is 0 Å². The van der Waals surface area contributed by atoms with E-state index in [1.54, 1.807) is 0 Å². The minimum absolute atomic E-state index is 0.0760. The Balaban J connectivity index is 2.27. The predicted octanol–water partition coefficient (Wildman–Crippen LogP) is 3.89. The highest BCUT2D eigenvalue weighted by molar-refractivity contribution is 5.95. The number of nitrogens with zero attached hydrogens (tertiary/aromatic N) is 1. The van der Waals surface area contributed by atoms with Gasteiger partial charge in [0.1, 0.15) is 0 Å². The standard InChI is InChI=1S/C17H21F3N2O3/c18-17(19,20)12-5-6-14(22-9-3-1-2-4-10-22)13(11-12)21-15(23)7-8-16(24)25/h5-6,11H,1-4,7-10H2,(H,21,23)(H,24,25). The number of benzene rings is 1. The quantitative estimate of drug-likeness (QED) is 0.838. The van der Waals surface area contributed by atoms with E-state index >= 15 is 0 Å². The summed E-state index contributed by atoms with van der Waals surface area (Å²) in [5.41, 5.74) is -0.231. The smallest absolute Gasteiger partial charge is 0.416 e. The van der Waals surface area contributed by atoms with Crippen LogP contribution in [-0.2, 0) is 15.8 Å². The van der Waals surface area contributed by atoms with Gasteiger partial charge >= 0.3 is 12.1 Å². The minimum Gasteiger partial charge on any atom is -0.481 e. The van der Waals surface area contributed by atoms with E-state index in [0.717, 1.165) is 37.8 Å². The van der Waals surface area contributed by atoms with Crippen molar-refractivity contribution < 1.29 is 27.9 Å². The van der Waals surface area contributed by atoms with Crippen molar-refractivity contribution >= 4 is 23.3 Å². The molecule has 1 aliphatic heterocycles. The van der Waals surface area contributed by atoms with Crippen LogP contribution in [0.2, 0.25) is 0 Å². The molecule has 2 rings (SSSR count). The van der Waals surface area contributed by atoms with Crippen molar-refractivity contribution in [3.63, 3.8) is 0 Å². The monoisotopic (exact) mass is 358 g/mol. The van der Waals surface area contributed by atoms with E-state index in [-0.39, 0.29) is 18.5 Å². The van der Waals surface area contributed by atoms with E-state index in [0.29, 0.717) is 18.8 Å². The van der Waals surface area contributed by atoms with Gasteiger partial charge in [-0.2, -0.15) is 13.2 Å². The van der Waals surface area contributed by atoms with Crippen molar-refractivity contribution in [2.45, 2.75) is 44.7 Å². The van der Waals surface area contributed by atoms with Gasteiger partial charge in [-0.15, -0.1) is 0 Å². The molecule has 1 fully saturated rings. The van der Waals surface area contributed by atoms with Gasteiger partial charge in [0, 0.05) is 19.5 Å². The molecule has 25 heavy (non-hydrogen) atoms. The van der Waals surface area contributed by atoms with Gasteiger partial charge in [-0.25, -0.2) is 0 Å². The molecule has 0 bridgehead atoms. The number of carbonyl (C=O) groups is 2. The second kappa shape index (κ2) is 8.22. The fourth-order valence-electron chi connectivity index (χ4n) is 2.83. The fraction of sp³-hybridized carbons (Fsp3) is 0.529. The number of carbonyl (C=O) groups excluding carboxylic acids is 1. The molecule has 0 spiro atoms. The Morgan fingerprint density at radius 2 is 1.72 bits per heavy atom. The van der Waals surface area contributed by atoms with Crippen molar-refractivity contribution in [3.05, 3.63) is 23.8 Å². The topological polar surface area (TPSA) is 69.6 Å². The zero-order valence-electron chi connectivity index (χ0n) is 13.7. The molecule has 0 unspecified atom stereocenters. The second-order valence-electron chi connectivity index (χ2n) is 6.07. The molecule has 5 nitrogen and oxygen atoms in total. The highest BCUT2D eigenvalue weighted by atomic mass is 19.4. The summed E-state index contributed by atoms with van der Waals surface area (Å²) < 4.78 is 39.0. The Labute approximate surface area is 143 Å². The van der Waals surface area contributed by atoms with E-state index in [9.17, 15) is 22.8 Å². The first-order valence-electron chi connectivity index (χ1n) is 8.25. The third kappa shape index (κ3) is 5.65. The number of nitrogens with one attached hydrogen (secondary N) is 1. The number of halogens is 3. The highest BCUT2D eigenvalue weighted by Crippen LogP contribution is 2.36. The van der Waals surface area contributed by atoms with Gasteiger partial charge in [0.2, 0.25) is 5.91 Å². The van der Waals surface area contributed by atoms with Crippen LogP contribution in [0.15, 0.2) is 18.2 Å². The number of carboxylic acids is 1. The molecule has 0 aliphatic carbocycles. The Morgan fingerprint density at radius 3 is 2.28 bits per heavy atom. The molecule has 1 saturated heterocycles. The van der Waals surface area contributed by atoms with E-state index < -0.39 is 23.6 Å². The average Bonchev–Trinajstić information content (AvgIpc) is 2.81. The third-order valence-electron chi connectivity index (χ3n) is 4.11. The highest BCUT2D eigenvalue weighted by Gasteiger charge is 2.31. The first kappa shape index (κ1) is 19.1. The molecule has 2 N–H and O–H groups in total. The van der Waals surface area contributed by atoms with Crippen LogP contribution in [0.5, 0.6) is 0 Å². The van der Waals surface area contributed by atoms with Gasteiger partial charge in [-0.1, -0.05) is 12.8 Å². The third-order valence-corrected chi connectivity index (χ3v) is 4.11. The van der Waals surface area contributed by atoms with Crippen LogP contribution in [0, 0.1) is 0 Å². The van der Waals surface area contributed by atoms with Crippen molar-refractivity contribution in [3.8, 4) is 0 Å². The van der Waals surface area contributed by atoms with Crippen LogP contribution >= 0.6 is 0 Å². The first-order chi connectivity index (χ1) is 11.8. The molecule has 8 heteroatoms. The molecule has 0 aromatic heterocycles. The number of carboxylic acid groups (broad SMARTS) is 1. The van der Waals surface area contributed by atoms with E-state index in [4.69, 9.17) is 5.11 Å². The zero-order valence-corrected chi connectivity index (χ0v) is 13.7. The lowest BCUT2D eigenvalue weighted by Gasteiger charge is -2.26. The maximum Gasteiger partial charge on any atom is 0.416 e. The maximum atomic E-state index is 13.0. The normalized spacial score (nSPS) is 15.6. The molecule has 0 atom stereocenters. The van der Waals surface area contributed by atoms with Gasteiger partial charge in [0.05, 0.1) is 23.4 Å². The van der Waals surface area contributed by atoms with Crippen LogP contribution < -0.4 is 10.2 Å². The van der Waals surface area contributed by atoms with Crippen molar-refractivity contribution in [1.82, 2.24) is 0 Å². The molecule has 0 radical (unpaired) electrons. The van der Waals surface area contributed by atoms with Crippen molar-refractivity contribution in [2.75, 3.05) is 23.3 Å². The van der Waals surface area contributed by atoms with E-state index in [1.807, 2.05) is 4.90 Å². The SMILES string of the molecule is O=C(O)CCC(=O)Nc1cc(C(F)(F)F)ccc1N1CCCCCC1.